The average Bonchev–Trinajstić information content (AvgIpc) is 3.60. The van der Waals surface area contributed by atoms with E-state index in [9.17, 15) is 28.3 Å². The van der Waals surface area contributed by atoms with Gasteiger partial charge in [0.05, 0.1) is 19.7 Å². The maximum Gasteiger partial charge on any atom is 0.295 e. The Labute approximate surface area is 371 Å². The van der Waals surface area contributed by atoms with Gasteiger partial charge in [-0.15, -0.1) is 0 Å². The molecule has 4 aliphatic rings. The number of imide groups is 1. The number of piperidine rings is 3. The van der Waals surface area contributed by atoms with Crippen molar-refractivity contribution in [2.24, 2.45) is 5.92 Å². The number of hydrogen-bond donors (Lipinski definition) is 3. The molecular weight excluding hydrogens is 828 g/mol. The number of nitrogens with one attached hydrogen (secondary N) is 2. The SMILES string of the molecule is COc1cc2c(N[C@H](C)c3cccc(C(F)(F)CO)c3)nc(C)nc2c(CCCN2CCC(CN3CCC(c4cc5c(cc4F)C(=O)N(C4CCC(=O)NC4=O)C5)CC3)CC2)c1OC. The minimum atomic E-state index is -3.35. The summed E-state index contributed by atoms with van der Waals surface area (Å²) < 4.78 is 56.0. The van der Waals surface area contributed by atoms with Crippen molar-refractivity contribution in [2.75, 3.05) is 65.4 Å². The zero-order chi connectivity index (χ0) is 45.3. The number of aryl methyl sites for hydroxylation is 2. The number of anilines is 1. The summed E-state index contributed by atoms with van der Waals surface area (Å²) in [5.41, 5.74) is 3.72. The van der Waals surface area contributed by atoms with Gasteiger partial charge in [-0.3, -0.25) is 19.7 Å². The summed E-state index contributed by atoms with van der Waals surface area (Å²) in [6.45, 7) is 8.37. The molecule has 2 atom stereocenters. The minimum Gasteiger partial charge on any atom is -0.493 e. The van der Waals surface area contributed by atoms with Gasteiger partial charge in [-0.05, 0) is 138 Å². The molecule has 8 rings (SSSR count). The highest BCUT2D eigenvalue weighted by Crippen LogP contribution is 2.41. The van der Waals surface area contributed by atoms with Gasteiger partial charge in [0, 0.05) is 47.6 Å². The van der Waals surface area contributed by atoms with Crippen molar-refractivity contribution in [2.45, 2.75) is 95.7 Å². The second-order valence-corrected chi connectivity index (χ2v) is 17.9. The van der Waals surface area contributed by atoms with Crippen LogP contribution in [0.2, 0.25) is 0 Å². The van der Waals surface area contributed by atoms with Crippen molar-refractivity contribution in [3.05, 3.63) is 87.5 Å². The molecule has 0 aliphatic carbocycles. The Morgan fingerprint density at radius 3 is 2.42 bits per heavy atom. The molecule has 342 valence electrons. The first kappa shape index (κ1) is 45.3. The summed E-state index contributed by atoms with van der Waals surface area (Å²) in [6.07, 6.45) is 5.88. The van der Waals surface area contributed by atoms with E-state index in [1.165, 1.54) is 23.1 Å². The van der Waals surface area contributed by atoms with Crippen molar-refractivity contribution in [1.82, 2.24) is 30.0 Å². The van der Waals surface area contributed by atoms with Gasteiger partial charge in [-0.2, -0.15) is 8.78 Å². The van der Waals surface area contributed by atoms with E-state index < -0.39 is 30.5 Å². The summed E-state index contributed by atoms with van der Waals surface area (Å²) in [6, 6.07) is 9.95. The van der Waals surface area contributed by atoms with Crippen LogP contribution in [0.15, 0.2) is 42.5 Å². The summed E-state index contributed by atoms with van der Waals surface area (Å²) >= 11 is 0. The minimum absolute atomic E-state index is 0.0595. The molecule has 3 N–H and O–H groups in total. The lowest BCUT2D eigenvalue weighted by Gasteiger charge is -2.38. The quantitative estimate of drug-likeness (QED) is 0.110. The number of carbonyl (C=O) groups excluding carboxylic acids is 3. The van der Waals surface area contributed by atoms with E-state index in [-0.39, 0.29) is 48.5 Å². The van der Waals surface area contributed by atoms with Crippen LogP contribution in [0.25, 0.3) is 10.9 Å². The monoisotopic (exact) mass is 885 g/mol. The number of aliphatic hydroxyl groups excluding tert-OH is 1. The Hall–Kier alpha value is -5.32. The first-order valence-electron chi connectivity index (χ1n) is 22.5. The zero-order valence-corrected chi connectivity index (χ0v) is 37.0. The van der Waals surface area contributed by atoms with E-state index in [0.717, 1.165) is 93.4 Å². The fourth-order valence-electron chi connectivity index (χ4n) is 10.1. The average molecular weight is 886 g/mol. The predicted molar refractivity (Wildman–Crippen MR) is 235 cm³/mol. The lowest BCUT2D eigenvalue weighted by atomic mass is 9.86. The van der Waals surface area contributed by atoms with Gasteiger partial charge in [0.1, 0.15) is 30.1 Å². The number of amides is 3. The largest absolute Gasteiger partial charge is 0.493 e. The van der Waals surface area contributed by atoms with Gasteiger partial charge >= 0.3 is 0 Å². The summed E-state index contributed by atoms with van der Waals surface area (Å²) in [5, 5.41) is 15.7. The number of nitrogens with zero attached hydrogens (tertiary/aromatic N) is 5. The normalized spacial score (nSPS) is 19.8. The van der Waals surface area contributed by atoms with E-state index in [0.29, 0.717) is 52.2 Å². The van der Waals surface area contributed by atoms with Crippen LogP contribution < -0.4 is 20.1 Å². The highest BCUT2D eigenvalue weighted by Gasteiger charge is 2.40. The van der Waals surface area contributed by atoms with Gasteiger partial charge in [0.25, 0.3) is 11.8 Å². The standard InChI is InChI=1S/C48H58F3N7O6/c1-28(32-7-5-8-34(21-32)48(50,51)27-59)52-45-38-24-41(63-3)44(64-4)35(43(38)53-29(2)54-45)9-6-16-56-17-12-30(13-18-56)25-57-19-14-31(15-20-57)36-22-33-26-58(47(62)37(33)23-39(36)49)40-10-11-42(60)55-46(40)61/h5,7-8,21-24,28,30-31,40,59H,6,9-20,25-27H2,1-4H3,(H,52,53,54)(H,55,60,61)/t28-,40?/m1/s1. The first-order chi connectivity index (χ1) is 30.8. The molecule has 64 heavy (non-hydrogen) atoms. The van der Waals surface area contributed by atoms with E-state index in [4.69, 9.17) is 19.4 Å². The van der Waals surface area contributed by atoms with Gasteiger partial charge in [-0.25, -0.2) is 14.4 Å². The molecule has 16 heteroatoms. The Kier molecular flexibility index (Phi) is 13.5. The molecule has 3 amide bonds. The van der Waals surface area contributed by atoms with E-state index in [1.54, 1.807) is 26.4 Å². The fourth-order valence-corrected chi connectivity index (χ4v) is 10.1. The van der Waals surface area contributed by atoms with Crippen molar-refractivity contribution in [3.8, 4) is 11.5 Å². The molecular formula is C48H58F3N7O6. The van der Waals surface area contributed by atoms with Crippen molar-refractivity contribution >= 4 is 34.4 Å². The number of hydrogen-bond acceptors (Lipinski definition) is 11. The van der Waals surface area contributed by atoms with Crippen LogP contribution in [0, 0.1) is 18.7 Å². The number of halogens is 3. The molecule has 3 saturated heterocycles. The van der Waals surface area contributed by atoms with Crippen LogP contribution in [0.3, 0.4) is 0 Å². The summed E-state index contributed by atoms with van der Waals surface area (Å²) in [4.78, 5) is 53.4. The van der Waals surface area contributed by atoms with Gasteiger partial charge in [0.15, 0.2) is 11.5 Å². The maximum atomic E-state index is 15.6. The number of aliphatic hydroxyl groups is 1. The van der Waals surface area contributed by atoms with E-state index in [1.807, 2.05) is 26.0 Å². The second kappa shape index (κ2) is 19.0. The number of methoxy groups -OCH3 is 2. The number of likely N-dealkylation sites (tertiary alicyclic amines) is 2. The number of fused-ring (bicyclic) bond motifs is 2. The molecule has 0 saturated carbocycles. The number of ether oxygens (including phenoxy) is 2. The third kappa shape index (κ3) is 9.41. The fraction of sp³-hybridized carbons (Fsp3) is 0.521. The molecule has 0 bridgehead atoms. The van der Waals surface area contributed by atoms with Crippen LogP contribution in [-0.2, 0) is 28.5 Å². The number of carbonyl (C=O) groups is 3. The summed E-state index contributed by atoms with van der Waals surface area (Å²) in [7, 11) is 3.22. The predicted octanol–water partition coefficient (Wildman–Crippen LogP) is 6.64. The van der Waals surface area contributed by atoms with Crippen LogP contribution >= 0.6 is 0 Å². The zero-order valence-electron chi connectivity index (χ0n) is 37.0. The van der Waals surface area contributed by atoms with Gasteiger partial charge in [-0.1, -0.05) is 24.3 Å². The number of alkyl halides is 2. The van der Waals surface area contributed by atoms with Crippen LogP contribution in [0.1, 0.15) is 108 Å². The molecule has 3 aromatic carbocycles. The highest BCUT2D eigenvalue weighted by molar-refractivity contribution is 6.05. The number of aromatic nitrogens is 2. The topological polar surface area (TPSA) is 149 Å². The van der Waals surface area contributed by atoms with Gasteiger partial charge in [0.2, 0.25) is 11.8 Å². The molecule has 5 heterocycles. The smallest absolute Gasteiger partial charge is 0.295 e. The lowest BCUT2D eigenvalue weighted by Crippen LogP contribution is -2.52. The highest BCUT2D eigenvalue weighted by atomic mass is 19.3. The van der Waals surface area contributed by atoms with E-state index >= 15 is 4.39 Å². The maximum absolute atomic E-state index is 15.6. The Morgan fingerprint density at radius 1 is 0.969 bits per heavy atom. The number of benzene rings is 3. The molecule has 13 nitrogen and oxygen atoms in total. The first-order valence-corrected chi connectivity index (χ1v) is 22.5. The molecule has 0 spiro atoms. The van der Waals surface area contributed by atoms with Crippen LogP contribution in [0.4, 0.5) is 19.0 Å². The Balaban J connectivity index is 0.842. The Bertz CT molecular complexity index is 2400. The van der Waals surface area contributed by atoms with Crippen molar-refractivity contribution < 1.29 is 42.1 Å². The second-order valence-electron chi connectivity index (χ2n) is 17.9. The molecule has 1 unspecified atom stereocenters. The third-order valence-corrected chi connectivity index (χ3v) is 13.7. The Morgan fingerprint density at radius 2 is 1.72 bits per heavy atom. The van der Waals surface area contributed by atoms with Crippen molar-refractivity contribution in [1.29, 1.82) is 0 Å². The molecule has 4 aliphatic heterocycles. The molecule has 3 fully saturated rings. The van der Waals surface area contributed by atoms with Crippen LogP contribution in [-0.4, -0.2) is 114 Å². The lowest BCUT2D eigenvalue weighted by molar-refractivity contribution is -0.136. The number of rotatable bonds is 15. The summed E-state index contributed by atoms with van der Waals surface area (Å²) in [5.74, 6) is -1.97. The van der Waals surface area contributed by atoms with Gasteiger partial charge < -0.3 is 34.6 Å². The van der Waals surface area contributed by atoms with Crippen molar-refractivity contribution in [3.63, 3.8) is 0 Å². The van der Waals surface area contributed by atoms with Crippen LogP contribution in [0.5, 0.6) is 11.5 Å². The van der Waals surface area contributed by atoms with E-state index in [2.05, 4.69) is 20.4 Å². The molecule has 1 aromatic heterocycles. The molecule has 4 aromatic rings. The molecule has 0 radical (unpaired) electrons. The third-order valence-electron chi connectivity index (χ3n) is 13.7.